The highest BCUT2D eigenvalue weighted by Crippen LogP contribution is 2.31. The summed E-state index contributed by atoms with van der Waals surface area (Å²) in [5.41, 5.74) is 0.102. The predicted octanol–water partition coefficient (Wildman–Crippen LogP) is 1.02. The SMILES string of the molecule is CC1=CC(=O)N(c2cc(C(=O)O)cc(N3C(=O)C=C(C)C3=O)c2)C1=O. The molecule has 4 amide bonds. The number of hydrogen-bond acceptors (Lipinski definition) is 5. The molecule has 0 fully saturated rings. The summed E-state index contributed by atoms with van der Waals surface area (Å²) in [5.74, 6) is -3.75. The molecule has 0 saturated heterocycles. The normalized spacial score (nSPS) is 17.4. The molecule has 0 atom stereocenters. The number of carbonyl (C=O) groups is 5. The number of anilines is 2. The minimum atomic E-state index is -1.32. The molecule has 25 heavy (non-hydrogen) atoms. The van der Waals surface area contributed by atoms with Crippen molar-refractivity contribution in [2.75, 3.05) is 9.80 Å². The fourth-order valence-electron chi connectivity index (χ4n) is 2.64. The van der Waals surface area contributed by atoms with Crippen LogP contribution in [0.1, 0.15) is 24.2 Å². The zero-order valence-corrected chi connectivity index (χ0v) is 13.3. The number of nitrogens with zero attached hydrogens (tertiary/aromatic N) is 2. The van der Waals surface area contributed by atoms with Crippen LogP contribution in [0.15, 0.2) is 41.5 Å². The highest BCUT2D eigenvalue weighted by atomic mass is 16.4. The van der Waals surface area contributed by atoms with Crippen molar-refractivity contribution in [1.29, 1.82) is 0 Å². The highest BCUT2D eigenvalue weighted by Gasteiger charge is 2.34. The van der Waals surface area contributed by atoms with Crippen LogP contribution in [0.5, 0.6) is 0 Å². The molecule has 1 aromatic rings. The van der Waals surface area contributed by atoms with Crippen LogP contribution in [0.2, 0.25) is 0 Å². The minimum Gasteiger partial charge on any atom is -0.478 e. The lowest BCUT2D eigenvalue weighted by atomic mass is 10.1. The lowest BCUT2D eigenvalue weighted by Crippen LogP contribution is -2.33. The van der Waals surface area contributed by atoms with Crippen molar-refractivity contribution >= 4 is 41.0 Å². The van der Waals surface area contributed by atoms with E-state index in [1.54, 1.807) is 0 Å². The quantitative estimate of drug-likeness (QED) is 0.822. The first-order valence-corrected chi connectivity index (χ1v) is 7.22. The Labute approximate surface area is 141 Å². The minimum absolute atomic E-state index is 0.0249. The third-order valence-electron chi connectivity index (χ3n) is 3.87. The smallest absolute Gasteiger partial charge is 0.335 e. The van der Waals surface area contributed by atoms with Crippen LogP contribution in [0.25, 0.3) is 0 Å². The van der Waals surface area contributed by atoms with E-state index >= 15 is 0 Å². The zero-order chi connectivity index (χ0) is 18.5. The Morgan fingerprint density at radius 1 is 0.800 bits per heavy atom. The van der Waals surface area contributed by atoms with E-state index in [-0.39, 0.29) is 28.1 Å². The van der Waals surface area contributed by atoms with E-state index in [2.05, 4.69) is 0 Å². The van der Waals surface area contributed by atoms with Crippen molar-refractivity contribution in [2.45, 2.75) is 13.8 Å². The summed E-state index contributed by atoms with van der Waals surface area (Å²) in [7, 11) is 0. The van der Waals surface area contributed by atoms with Crippen LogP contribution in [-0.4, -0.2) is 34.7 Å². The van der Waals surface area contributed by atoms with Crippen LogP contribution in [0.3, 0.4) is 0 Å². The molecule has 1 aromatic carbocycles. The van der Waals surface area contributed by atoms with Crippen molar-refractivity contribution in [3.05, 3.63) is 47.1 Å². The standard InChI is InChI=1S/C17H12N2O6/c1-8-3-13(20)18(15(8)22)11-5-10(17(24)25)6-12(7-11)19-14(21)4-9(2)16(19)23/h3-7H,1-2H3,(H,24,25). The molecule has 0 bridgehead atoms. The van der Waals surface area contributed by atoms with Gasteiger partial charge in [-0.15, -0.1) is 0 Å². The van der Waals surface area contributed by atoms with Gasteiger partial charge in [-0.3, -0.25) is 19.2 Å². The first-order valence-electron chi connectivity index (χ1n) is 7.22. The molecule has 8 nitrogen and oxygen atoms in total. The molecule has 3 rings (SSSR count). The zero-order valence-electron chi connectivity index (χ0n) is 13.3. The van der Waals surface area contributed by atoms with Gasteiger partial charge in [0.05, 0.1) is 16.9 Å². The van der Waals surface area contributed by atoms with Gasteiger partial charge in [-0.25, -0.2) is 14.6 Å². The summed E-state index contributed by atoms with van der Waals surface area (Å²) < 4.78 is 0. The lowest BCUT2D eigenvalue weighted by Gasteiger charge is -2.20. The molecule has 0 unspecified atom stereocenters. The van der Waals surface area contributed by atoms with Crippen molar-refractivity contribution in [2.24, 2.45) is 0 Å². The molecular formula is C17H12N2O6. The van der Waals surface area contributed by atoms with E-state index in [1.807, 2.05) is 0 Å². The molecule has 126 valence electrons. The van der Waals surface area contributed by atoms with Crippen LogP contribution < -0.4 is 9.80 Å². The summed E-state index contributed by atoms with van der Waals surface area (Å²) in [5, 5.41) is 9.28. The molecule has 1 N–H and O–H groups in total. The summed E-state index contributed by atoms with van der Waals surface area (Å²) in [4.78, 5) is 61.3. The first-order chi connectivity index (χ1) is 11.7. The maximum absolute atomic E-state index is 12.1. The second-order valence-electron chi connectivity index (χ2n) is 5.66. The summed E-state index contributed by atoms with van der Waals surface area (Å²) >= 11 is 0. The Balaban J connectivity index is 2.13. The largest absolute Gasteiger partial charge is 0.478 e. The number of hydrogen-bond donors (Lipinski definition) is 1. The molecule has 8 heteroatoms. The third kappa shape index (κ3) is 2.53. The van der Waals surface area contributed by atoms with Gasteiger partial charge >= 0.3 is 5.97 Å². The lowest BCUT2D eigenvalue weighted by molar-refractivity contribution is -0.121. The molecule has 0 spiro atoms. The van der Waals surface area contributed by atoms with Gasteiger partial charge in [0.1, 0.15) is 0 Å². The van der Waals surface area contributed by atoms with Gasteiger partial charge in [0, 0.05) is 23.3 Å². The average Bonchev–Trinajstić information content (AvgIpc) is 2.93. The second kappa shape index (κ2) is 5.52. The van der Waals surface area contributed by atoms with Crippen molar-refractivity contribution in [3.8, 4) is 0 Å². The number of carboxylic acids is 1. The van der Waals surface area contributed by atoms with Crippen LogP contribution >= 0.6 is 0 Å². The fraction of sp³-hybridized carbons (Fsp3) is 0.118. The molecule has 0 aromatic heterocycles. The van der Waals surface area contributed by atoms with Crippen LogP contribution in [0.4, 0.5) is 11.4 Å². The number of carbonyl (C=O) groups excluding carboxylic acids is 4. The van der Waals surface area contributed by atoms with E-state index < -0.39 is 29.6 Å². The van der Waals surface area contributed by atoms with Gasteiger partial charge < -0.3 is 5.11 Å². The van der Waals surface area contributed by atoms with E-state index in [9.17, 15) is 29.1 Å². The Morgan fingerprint density at radius 2 is 1.20 bits per heavy atom. The number of benzene rings is 1. The molecule has 2 aliphatic rings. The second-order valence-corrected chi connectivity index (χ2v) is 5.66. The molecule has 2 aliphatic heterocycles. The van der Waals surface area contributed by atoms with E-state index in [0.29, 0.717) is 0 Å². The van der Waals surface area contributed by atoms with Gasteiger partial charge in [-0.2, -0.15) is 0 Å². The molecule has 0 radical (unpaired) electrons. The highest BCUT2D eigenvalue weighted by molar-refractivity contribution is 6.32. The average molecular weight is 340 g/mol. The Kier molecular flexibility index (Phi) is 3.60. The first kappa shape index (κ1) is 16.3. The number of aromatic carboxylic acids is 1. The molecule has 0 aliphatic carbocycles. The topological polar surface area (TPSA) is 112 Å². The number of imide groups is 2. The molecule has 2 heterocycles. The Hall–Kier alpha value is -3.55. The van der Waals surface area contributed by atoms with Crippen LogP contribution in [0, 0.1) is 0 Å². The number of carboxylic acid groups (broad SMARTS) is 1. The maximum atomic E-state index is 12.1. The third-order valence-corrected chi connectivity index (χ3v) is 3.87. The van der Waals surface area contributed by atoms with Gasteiger partial charge in [0.25, 0.3) is 23.6 Å². The predicted molar refractivity (Wildman–Crippen MR) is 85.9 cm³/mol. The van der Waals surface area contributed by atoms with E-state index in [1.165, 1.54) is 19.9 Å². The van der Waals surface area contributed by atoms with Crippen molar-refractivity contribution < 1.29 is 29.1 Å². The number of amides is 4. The maximum Gasteiger partial charge on any atom is 0.335 e. The van der Waals surface area contributed by atoms with Gasteiger partial charge in [-0.05, 0) is 32.0 Å². The number of rotatable bonds is 3. The summed E-state index contributed by atoms with van der Waals surface area (Å²) in [6.45, 7) is 2.92. The van der Waals surface area contributed by atoms with Gasteiger partial charge in [-0.1, -0.05) is 0 Å². The van der Waals surface area contributed by atoms with Crippen LogP contribution in [-0.2, 0) is 19.2 Å². The van der Waals surface area contributed by atoms with E-state index in [4.69, 9.17) is 0 Å². The Morgan fingerprint density at radius 3 is 1.48 bits per heavy atom. The van der Waals surface area contributed by atoms with E-state index in [0.717, 1.165) is 34.1 Å². The fourth-order valence-corrected chi connectivity index (χ4v) is 2.64. The van der Waals surface area contributed by atoms with Gasteiger partial charge in [0.15, 0.2) is 0 Å². The molecule has 0 saturated carbocycles. The van der Waals surface area contributed by atoms with Gasteiger partial charge in [0.2, 0.25) is 0 Å². The van der Waals surface area contributed by atoms with Crippen molar-refractivity contribution in [3.63, 3.8) is 0 Å². The van der Waals surface area contributed by atoms with Crippen molar-refractivity contribution in [1.82, 2.24) is 0 Å². The monoisotopic (exact) mass is 340 g/mol. The summed E-state index contributed by atoms with van der Waals surface area (Å²) in [6, 6.07) is 3.54. The Bertz CT molecular complexity index is 874. The molecular weight excluding hydrogens is 328 g/mol. The summed E-state index contributed by atoms with van der Waals surface area (Å²) in [6.07, 6.45) is 2.26.